The second kappa shape index (κ2) is 3.99. The van der Waals surface area contributed by atoms with E-state index in [9.17, 15) is 0 Å². The van der Waals surface area contributed by atoms with Crippen LogP contribution in [0.1, 0.15) is 13.8 Å². The molecule has 0 aromatic carbocycles. The standard InChI is InChI=1S/C10H19N3/c1-10(2,4-5-11)13-8-6-12(3)7-9-13/h6-9,11H2,1-3H3. The average molecular weight is 181 g/mol. The molecule has 2 N–H and O–H groups in total. The van der Waals surface area contributed by atoms with E-state index in [-0.39, 0.29) is 5.54 Å². The maximum Gasteiger partial charge on any atom is 0.0787 e. The van der Waals surface area contributed by atoms with E-state index < -0.39 is 0 Å². The summed E-state index contributed by atoms with van der Waals surface area (Å²) in [6.07, 6.45) is 0. The number of likely N-dealkylation sites (N-methyl/N-ethyl adjacent to an activating group) is 1. The molecule has 0 atom stereocenters. The summed E-state index contributed by atoms with van der Waals surface area (Å²) in [5.74, 6) is 3.04. The second-order valence-corrected chi connectivity index (χ2v) is 4.12. The van der Waals surface area contributed by atoms with Gasteiger partial charge >= 0.3 is 0 Å². The molecule has 0 aromatic rings. The fraction of sp³-hybridized carbons (Fsp3) is 0.800. The molecule has 0 amide bonds. The van der Waals surface area contributed by atoms with Crippen molar-refractivity contribution in [2.24, 2.45) is 5.73 Å². The van der Waals surface area contributed by atoms with Crippen LogP contribution in [0, 0.1) is 12.0 Å². The first kappa shape index (κ1) is 10.4. The van der Waals surface area contributed by atoms with Gasteiger partial charge in [0.15, 0.2) is 0 Å². The van der Waals surface area contributed by atoms with Gasteiger partial charge in [-0.25, -0.2) is 0 Å². The lowest BCUT2D eigenvalue weighted by Crippen LogP contribution is -2.53. The zero-order chi connectivity index (χ0) is 9.90. The van der Waals surface area contributed by atoms with E-state index in [2.05, 4.69) is 42.7 Å². The third-order valence-corrected chi connectivity index (χ3v) is 2.67. The zero-order valence-corrected chi connectivity index (χ0v) is 8.80. The highest BCUT2D eigenvalue weighted by Crippen LogP contribution is 2.14. The molecule has 74 valence electrons. The molecule has 3 nitrogen and oxygen atoms in total. The summed E-state index contributed by atoms with van der Waals surface area (Å²) in [5.41, 5.74) is 5.18. The van der Waals surface area contributed by atoms with Crippen LogP contribution in [0.4, 0.5) is 0 Å². The van der Waals surface area contributed by atoms with Gasteiger partial charge in [-0.1, -0.05) is 5.92 Å². The first-order chi connectivity index (χ1) is 6.06. The number of nitrogens with two attached hydrogens (primary N) is 1. The molecule has 1 aliphatic heterocycles. The summed E-state index contributed by atoms with van der Waals surface area (Å²) < 4.78 is 0. The van der Waals surface area contributed by atoms with Crippen LogP contribution < -0.4 is 5.73 Å². The largest absolute Gasteiger partial charge is 0.359 e. The van der Waals surface area contributed by atoms with E-state index in [0.29, 0.717) is 0 Å². The Hall–Kier alpha value is -0.720. The first-order valence-corrected chi connectivity index (χ1v) is 4.72. The van der Waals surface area contributed by atoms with E-state index in [4.69, 9.17) is 5.73 Å². The van der Waals surface area contributed by atoms with Gasteiger partial charge in [-0.2, -0.15) is 0 Å². The molecule has 1 aliphatic rings. The lowest BCUT2D eigenvalue weighted by molar-refractivity contribution is 0.0946. The van der Waals surface area contributed by atoms with Crippen molar-refractivity contribution in [1.82, 2.24) is 9.80 Å². The molecule has 13 heavy (non-hydrogen) atoms. The molecule has 1 rings (SSSR count). The summed E-state index contributed by atoms with van der Waals surface area (Å²) in [4.78, 5) is 4.72. The van der Waals surface area contributed by atoms with Gasteiger partial charge in [-0.05, 0) is 20.9 Å². The predicted molar refractivity (Wildman–Crippen MR) is 55.1 cm³/mol. The SMILES string of the molecule is CN1CCN(C(C)(C)C#CN)CC1. The van der Waals surface area contributed by atoms with Crippen LogP contribution in [0.2, 0.25) is 0 Å². The van der Waals surface area contributed by atoms with Crippen LogP contribution >= 0.6 is 0 Å². The minimum absolute atomic E-state index is 0.0734. The van der Waals surface area contributed by atoms with Gasteiger partial charge in [0.1, 0.15) is 0 Å². The van der Waals surface area contributed by atoms with E-state index >= 15 is 0 Å². The predicted octanol–water partition coefficient (Wildman–Crippen LogP) is -0.0680. The molecule has 1 saturated heterocycles. The molecule has 0 spiro atoms. The molecule has 0 saturated carbocycles. The van der Waals surface area contributed by atoms with Crippen molar-refractivity contribution in [2.75, 3.05) is 33.2 Å². The Balaban J connectivity index is 2.56. The minimum Gasteiger partial charge on any atom is -0.359 e. The average Bonchev–Trinajstić information content (AvgIpc) is 2.05. The Morgan fingerprint density at radius 1 is 1.15 bits per heavy atom. The molecule has 0 bridgehead atoms. The number of hydrogen-bond acceptors (Lipinski definition) is 3. The summed E-state index contributed by atoms with van der Waals surface area (Å²) >= 11 is 0. The third-order valence-electron chi connectivity index (χ3n) is 2.67. The van der Waals surface area contributed by atoms with Gasteiger partial charge in [0.25, 0.3) is 0 Å². The van der Waals surface area contributed by atoms with Crippen molar-refractivity contribution >= 4 is 0 Å². The maximum atomic E-state index is 5.25. The fourth-order valence-corrected chi connectivity index (χ4v) is 1.62. The van der Waals surface area contributed by atoms with E-state index in [1.54, 1.807) is 0 Å². The zero-order valence-electron chi connectivity index (χ0n) is 8.80. The number of hydrogen-bond donors (Lipinski definition) is 1. The van der Waals surface area contributed by atoms with Crippen LogP contribution in [0.15, 0.2) is 0 Å². The van der Waals surface area contributed by atoms with Gasteiger partial charge < -0.3 is 10.6 Å². The van der Waals surface area contributed by atoms with Gasteiger partial charge in [0, 0.05) is 32.2 Å². The molecule has 0 aliphatic carbocycles. The number of piperazine rings is 1. The van der Waals surface area contributed by atoms with Crippen molar-refractivity contribution in [3.8, 4) is 12.0 Å². The fourth-order valence-electron chi connectivity index (χ4n) is 1.62. The normalized spacial score (nSPS) is 20.8. The first-order valence-electron chi connectivity index (χ1n) is 4.72. The Labute approximate surface area is 80.9 Å². The van der Waals surface area contributed by atoms with Crippen LogP contribution in [-0.2, 0) is 0 Å². The summed E-state index contributed by atoms with van der Waals surface area (Å²) in [7, 11) is 2.15. The lowest BCUT2D eigenvalue weighted by Gasteiger charge is -2.40. The van der Waals surface area contributed by atoms with Crippen LogP contribution in [-0.4, -0.2) is 48.6 Å². The van der Waals surface area contributed by atoms with Crippen LogP contribution in [0.5, 0.6) is 0 Å². The molecule has 0 radical (unpaired) electrons. The molecule has 1 fully saturated rings. The van der Waals surface area contributed by atoms with Gasteiger partial charge in [0.2, 0.25) is 0 Å². The molecule has 3 heteroatoms. The maximum absolute atomic E-state index is 5.25. The van der Waals surface area contributed by atoms with E-state index in [1.807, 2.05) is 0 Å². The molecule has 1 heterocycles. The van der Waals surface area contributed by atoms with Crippen molar-refractivity contribution in [3.05, 3.63) is 0 Å². The Kier molecular flexibility index (Phi) is 3.18. The smallest absolute Gasteiger partial charge is 0.0787 e. The summed E-state index contributed by atoms with van der Waals surface area (Å²) in [5, 5.41) is 0. The number of rotatable bonds is 1. The van der Waals surface area contributed by atoms with Gasteiger partial charge in [0.05, 0.1) is 5.54 Å². The minimum atomic E-state index is -0.0734. The third kappa shape index (κ3) is 2.61. The topological polar surface area (TPSA) is 32.5 Å². The Morgan fingerprint density at radius 3 is 2.15 bits per heavy atom. The highest BCUT2D eigenvalue weighted by Gasteiger charge is 2.26. The second-order valence-electron chi connectivity index (χ2n) is 4.12. The monoisotopic (exact) mass is 181 g/mol. The Morgan fingerprint density at radius 2 is 1.69 bits per heavy atom. The van der Waals surface area contributed by atoms with Crippen LogP contribution in [0.3, 0.4) is 0 Å². The van der Waals surface area contributed by atoms with Crippen molar-refractivity contribution in [2.45, 2.75) is 19.4 Å². The summed E-state index contributed by atoms with van der Waals surface area (Å²) in [6, 6.07) is 2.51. The quantitative estimate of drug-likeness (QED) is 0.454. The van der Waals surface area contributed by atoms with Crippen molar-refractivity contribution < 1.29 is 0 Å². The number of nitrogens with zero attached hydrogens (tertiary/aromatic N) is 2. The molecular weight excluding hydrogens is 162 g/mol. The highest BCUT2D eigenvalue weighted by molar-refractivity contribution is 5.13. The van der Waals surface area contributed by atoms with Gasteiger partial charge in [-0.15, -0.1) is 0 Å². The van der Waals surface area contributed by atoms with Crippen LogP contribution in [0.25, 0.3) is 0 Å². The summed E-state index contributed by atoms with van der Waals surface area (Å²) in [6.45, 7) is 8.65. The Bertz CT molecular complexity index is 216. The highest BCUT2D eigenvalue weighted by atomic mass is 15.3. The van der Waals surface area contributed by atoms with E-state index in [0.717, 1.165) is 26.2 Å². The molecular formula is C10H19N3. The van der Waals surface area contributed by atoms with Crippen molar-refractivity contribution in [1.29, 1.82) is 0 Å². The lowest BCUT2D eigenvalue weighted by atomic mass is 10.0. The van der Waals surface area contributed by atoms with Crippen molar-refractivity contribution in [3.63, 3.8) is 0 Å². The molecule has 0 unspecified atom stereocenters. The van der Waals surface area contributed by atoms with E-state index in [1.165, 1.54) is 0 Å². The van der Waals surface area contributed by atoms with Gasteiger partial charge in [-0.3, -0.25) is 4.90 Å². The molecule has 0 aromatic heterocycles.